The number of nitrogens with zero attached hydrogens (tertiary/aromatic N) is 7. The summed E-state index contributed by atoms with van der Waals surface area (Å²) in [6.45, 7) is 31.9. The molecular weight excluding hydrogens is 1170 g/mol. The van der Waals surface area contributed by atoms with Crippen LogP contribution in [0.15, 0.2) is 24.8 Å². The molecule has 91 heavy (non-hydrogen) atoms. The van der Waals surface area contributed by atoms with Gasteiger partial charge in [0.05, 0.1) is 24.9 Å². The van der Waals surface area contributed by atoms with Gasteiger partial charge in [0.25, 0.3) is 0 Å². The van der Waals surface area contributed by atoms with E-state index in [0.29, 0.717) is 0 Å². The fourth-order valence-electron chi connectivity index (χ4n) is 11.3. The summed E-state index contributed by atoms with van der Waals surface area (Å²) in [7, 11) is 9.54. The van der Waals surface area contributed by atoms with Crippen LogP contribution in [0.2, 0.25) is 0 Å². The number of hydrogen-bond acceptors (Lipinski definition) is 14. The van der Waals surface area contributed by atoms with E-state index in [2.05, 4.69) is 27.8 Å². The number of ether oxygens (including phenoxy) is 1. The van der Waals surface area contributed by atoms with Crippen molar-refractivity contribution >= 4 is 65.0 Å². The van der Waals surface area contributed by atoms with Gasteiger partial charge in [0.15, 0.2) is 0 Å². The van der Waals surface area contributed by atoms with Crippen molar-refractivity contribution in [1.82, 2.24) is 55.6 Å². The highest BCUT2D eigenvalue weighted by Crippen LogP contribution is 2.27. The minimum absolute atomic E-state index is 0.0505. The molecule has 1 rings (SSSR count). The molecule has 6 N–H and O–H groups in total. The zero-order valence-corrected chi connectivity index (χ0v) is 59.4. The zero-order chi connectivity index (χ0) is 70.6. The lowest BCUT2D eigenvalue weighted by molar-refractivity contribution is -0.157. The van der Waals surface area contributed by atoms with Gasteiger partial charge in [-0.1, -0.05) is 101 Å². The first-order valence-electron chi connectivity index (χ1n) is 32.3. The van der Waals surface area contributed by atoms with Gasteiger partial charge < -0.3 is 70.5 Å². The monoisotopic (exact) mass is 1290 g/mol. The van der Waals surface area contributed by atoms with Crippen LogP contribution in [0.3, 0.4) is 0 Å². The van der Waals surface area contributed by atoms with E-state index < -0.39 is 168 Å². The van der Waals surface area contributed by atoms with Crippen molar-refractivity contribution in [3.63, 3.8) is 0 Å². The van der Waals surface area contributed by atoms with E-state index in [1.165, 1.54) is 88.9 Å². The fraction of sp³-hybridized carbons (Fsp3) is 0.773. The second-order valence-corrected chi connectivity index (χ2v) is 27.4. The van der Waals surface area contributed by atoms with E-state index in [0.717, 1.165) is 14.7 Å². The SMILES string of the molecule is C=CCOC(C)(C)C[C@H]1C(=O)N[C@@H](C(C)C)C(=O)N(C)[C@@H](CC(C)C)C(=O)N[C@@H](C)C(=O)N[C@H](C)C(=O)N(C)[C@@H](CC(C)C)C(=O)N(C)[C@@H](CC(C)C)C(=O)N(C)[C@@H](C(C)C)C(=O)N(C)[C@@H]([C@H](O)[C@H](C)C/C=C/C)C(=O)N[C@@H](CC)C(=O)N(C)[C@H](CO)C(=O)N1C. The van der Waals surface area contributed by atoms with Gasteiger partial charge in [-0.25, -0.2) is 0 Å². The van der Waals surface area contributed by atoms with E-state index in [-0.39, 0.29) is 62.9 Å². The van der Waals surface area contributed by atoms with Crippen molar-refractivity contribution in [1.29, 1.82) is 0 Å². The molecule has 1 aliphatic heterocycles. The summed E-state index contributed by atoms with van der Waals surface area (Å²) >= 11 is 0. The summed E-state index contributed by atoms with van der Waals surface area (Å²) in [5.41, 5.74) is -1.14. The van der Waals surface area contributed by atoms with Gasteiger partial charge in [0.2, 0.25) is 65.0 Å². The molecule has 13 atom stereocenters. The Morgan fingerprint density at radius 2 is 0.945 bits per heavy atom. The smallest absolute Gasteiger partial charge is 0.248 e. The summed E-state index contributed by atoms with van der Waals surface area (Å²) in [6.07, 6.45) is 3.83. The Bertz CT molecular complexity index is 2520. The molecular formula is C66H117N11O14. The number of carbonyl (C=O) groups is 11. The lowest BCUT2D eigenvalue weighted by atomic mass is 9.91. The quantitative estimate of drug-likeness (QED) is 0.101. The normalized spacial score (nSPS) is 26.8. The molecule has 0 aliphatic carbocycles. The maximum atomic E-state index is 15.2. The molecule has 25 heteroatoms. The van der Waals surface area contributed by atoms with Crippen molar-refractivity contribution in [2.75, 3.05) is 62.5 Å². The average Bonchev–Trinajstić information content (AvgIpc) is 1.10. The first-order chi connectivity index (χ1) is 42.0. The Morgan fingerprint density at radius 3 is 1.41 bits per heavy atom. The number of carbonyl (C=O) groups excluding carboxylic acids is 11. The Morgan fingerprint density at radius 1 is 0.516 bits per heavy atom. The molecule has 1 fully saturated rings. The first kappa shape index (κ1) is 82.5. The van der Waals surface area contributed by atoms with E-state index in [1.807, 2.05) is 41.5 Å². The van der Waals surface area contributed by atoms with Gasteiger partial charge in [-0.15, -0.1) is 6.58 Å². The van der Waals surface area contributed by atoms with E-state index in [1.54, 1.807) is 74.5 Å². The maximum absolute atomic E-state index is 15.2. The van der Waals surface area contributed by atoms with Crippen molar-refractivity contribution in [2.45, 2.75) is 234 Å². The molecule has 1 saturated heterocycles. The number of amides is 11. The molecule has 25 nitrogen and oxygen atoms in total. The van der Waals surface area contributed by atoms with Gasteiger partial charge in [-0.3, -0.25) is 52.7 Å². The fourth-order valence-corrected chi connectivity index (χ4v) is 11.3. The average molecular weight is 1290 g/mol. The molecule has 0 aromatic heterocycles. The van der Waals surface area contributed by atoms with Gasteiger partial charge in [-0.05, 0) is 102 Å². The number of allylic oxidation sites excluding steroid dienone is 2. The third kappa shape index (κ3) is 23.0. The van der Waals surface area contributed by atoms with Crippen LogP contribution in [0.1, 0.15) is 156 Å². The van der Waals surface area contributed by atoms with Crippen LogP contribution in [-0.2, 0) is 57.5 Å². The number of nitrogens with one attached hydrogen (secondary N) is 4. The van der Waals surface area contributed by atoms with E-state index in [4.69, 9.17) is 4.74 Å². The van der Waals surface area contributed by atoms with Crippen LogP contribution in [0, 0.1) is 35.5 Å². The predicted octanol–water partition coefficient (Wildman–Crippen LogP) is 2.96. The Hall–Kier alpha value is -6.47. The molecule has 11 amide bonds. The van der Waals surface area contributed by atoms with Crippen molar-refractivity contribution < 1.29 is 67.7 Å². The minimum atomic E-state index is -1.69. The third-order valence-electron chi connectivity index (χ3n) is 17.1. The summed E-state index contributed by atoms with van der Waals surface area (Å²) in [4.78, 5) is 171. The highest BCUT2D eigenvalue weighted by Gasteiger charge is 2.47. The van der Waals surface area contributed by atoms with Gasteiger partial charge >= 0.3 is 0 Å². The Kier molecular flexibility index (Phi) is 33.8. The molecule has 0 spiro atoms. The number of aliphatic hydroxyl groups is 2. The molecule has 0 aromatic carbocycles. The molecule has 0 aromatic rings. The van der Waals surface area contributed by atoms with Crippen LogP contribution in [0.4, 0.5) is 0 Å². The minimum Gasteiger partial charge on any atom is -0.394 e. The van der Waals surface area contributed by atoms with Crippen molar-refractivity contribution in [3.8, 4) is 0 Å². The summed E-state index contributed by atoms with van der Waals surface area (Å²) in [5, 5.41) is 34.1. The van der Waals surface area contributed by atoms with Gasteiger partial charge in [0.1, 0.15) is 66.5 Å². The molecule has 1 aliphatic rings. The van der Waals surface area contributed by atoms with Gasteiger partial charge in [-0.2, -0.15) is 0 Å². The van der Waals surface area contributed by atoms with Crippen molar-refractivity contribution in [3.05, 3.63) is 24.8 Å². The standard InChI is InChI=1S/C66H117N11O14/c1-26-29-30-42(14)54(79)53-58(83)69-45(28-3)60(85)75(23)50(36-78)63(88)74(22)49(35-66(17,18)91-31-27-2)57(82)70-51(40(10)11)64(89)71(19)46(32-37(4)5)56(81)67-43(15)55(80)68-44(16)59(84)72(20)47(33-38(6)7)61(86)73(21)48(34-39(8)9)62(87)76(24)52(41(12)13)65(90)77(53)25/h26-27,29,37-54,78-79H,2,28,30-36H2,1,3-25H3,(H,67,81)(H,68,80)(H,69,83)(H,70,82)/b29-26+/t42-,43+,44-,45+,46+,47+,48+,49+,50-,51+,52+,53+,54-/m1/s1. The zero-order valence-electron chi connectivity index (χ0n) is 59.4. The molecule has 0 bridgehead atoms. The first-order valence-corrected chi connectivity index (χ1v) is 32.3. The second-order valence-electron chi connectivity index (χ2n) is 27.4. The Balaban J connectivity index is 4.51. The summed E-state index contributed by atoms with van der Waals surface area (Å²) < 4.78 is 6.04. The molecule has 0 saturated carbocycles. The van der Waals surface area contributed by atoms with Crippen LogP contribution in [0.5, 0.6) is 0 Å². The van der Waals surface area contributed by atoms with Gasteiger partial charge in [0, 0.05) is 55.8 Å². The molecule has 520 valence electrons. The highest BCUT2D eigenvalue weighted by atomic mass is 16.5. The Labute approximate surface area is 543 Å². The van der Waals surface area contributed by atoms with E-state index in [9.17, 15) is 48.6 Å². The van der Waals surface area contributed by atoms with E-state index >= 15 is 14.4 Å². The molecule has 0 unspecified atom stereocenters. The number of hydrogen-bond donors (Lipinski definition) is 6. The van der Waals surface area contributed by atoms with Crippen LogP contribution in [-0.4, -0.2) is 250 Å². The largest absolute Gasteiger partial charge is 0.394 e. The second kappa shape index (κ2) is 37.3. The van der Waals surface area contributed by atoms with Crippen molar-refractivity contribution in [2.24, 2.45) is 35.5 Å². The summed E-state index contributed by atoms with van der Waals surface area (Å²) in [6, 6.07) is -14.9. The lowest BCUT2D eigenvalue weighted by Gasteiger charge is -2.41. The molecule has 1 heterocycles. The maximum Gasteiger partial charge on any atom is 0.248 e. The predicted molar refractivity (Wildman–Crippen MR) is 350 cm³/mol. The number of likely N-dealkylation sites (N-methyl/N-ethyl adjacent to an activating group) is 7. The third-order valence-corrected chi connectivity index (χ3v) is 17.1. The molecule has 0 radical (unpaired) electrons. The van der Waals surface area contributed by atoms with Crippen LogP contribution in [0.25, 0.3) is 0 Å². The number of rotatable bonds is 19. The summed E-state index contributed by atoms with van der Waals surface area (Å²) in [5.74, 6) is -10.8. The highest BCUT2D eigenvalue weighted by molar-refractivity contribution is 6.00. The van der Waals surface area contributed by atoms with Crippen LogP contribution >= 0.6 is 0 Å². The number of aliphatic hydroxyl groups excluding tert-OH is 2. The topological polar surface area (TPSA) is 308 Å². The van der Waals surface area contributed by atoms with Crippen LogP contribution < -0.4 is 21.3 Å². The lowest BCUT2D eigenvalue weighted by Crippen LogP contribution is -2.64.